The third-order valence-corrected chi connectivity index (χ3v) is 5.52. The van der Waals surface area contributed by atoms with E-state index in [1.807, 2.05) is 78.9 Å². The Kier molecular flexibility index (Phi) is 5.78. The molecule has 1 atom stereocenters. The number of H-pyrrole nitrogens is 1. The molecule has 0 aliphatic heterocycles. The fourth-order valence-electron chi connectivity index (χ4n) is 3.88. The van der Waals surface area contributed by atoms with E-state index in [1.165, 1.54) is 6.08 Å². The highest BCUT2D eigenvalue weighted by Gasteiger charge is 2.22. The van der Waals surface area contributed by atoms with E-state index in [9.17, 15) is 9.90 Å². The minimum Gasteiger partial charge on any atom is -0.457 e. The van der Waals surface area contributed by atoms with Gasteiger partial charge in [-0.3, -0.25) is 9.89 Å². The van der Waals surface area contributed by atoms with Crippen molar-refractivity contribution in [3.8, 4) is 34.0 Å². The number of hydrogen-bond donors (Lipinski definition) is 4. The molecule has 0 aliphatic rings. The first-order valence-electron chi connectivity index (χ1n) is 10.9. The van der Waals surface area contributed by atoms with Crippen LogP contribution in [0.15, 0.2) is 97.7 Å². The number of aromatic nitrogens is 3. The second-order valence-electron chi connectivity index (χ2n) is 7.87. The number of para-hydroxylation sites is 1. The van der Waals surface area contributed by atoms with Crippen LogP contribution in [0.25, 0.3) is 28.2 Å². The minimum atomic E-state index is -0.872. The first kappa shape index (κ1) is 22.0. The Morgan fingerprint density at radius 1 is 1.06 bits per heavy atom. The smallest absolute Gasteiger partial charge is 0.254 e. The van der Waals surface area contributed by atoms with E-state index >= 15 is 0 Å². The minimum absolute atomic E-state index is 0.296. The molecule has 1 amide bonds. The number of hydrogen-bond acceptors (Lipinski definition) is 5. The van der Waals surface area contributed by atoms with E-state index in [1.54, 1.807) is 10.7 Å². The molecule has 1 unspecified atom stereocenters. The van der Waals surface area contributed by atoms with Gasteiger partial charge >= 0.3 is 0 Å². The number of rotatable bonds is 8. The number of imidazole rings is 1. The first-order valence-corrected chi connectivity index (χ1v) is 10.9. The number of benzene rings is 3. The lowest BCUT2D eigenvalue weighted by molar-refractivity contribution is 0.100. The molecule has 0 aliphatic carbocycles. The fourth-order valence-corrected chi connectivity index (χ4v) is 3.88. The average molecular weight is 466 g/mol. The van der Waals surface area contributed by atoms with Crippen molar-refractivity contribution in [3.63, 3.8) is 0 Å². The highest BCUT2D eigenvalue weighted by Crippen LogP contribution is 2.32. The van der Waals surface area contributed by atoms with Crippen LogP contribution in [-0.2, 0) is 0 Å². The zero-order chi connectivity index (χ0) is 24.4. The van der Waals surface area contributed by atoms with Crippen LogP contribution in [-0.4, -0.2) is 31.8 Å². The van der Waals surface area contributed by atoms with Crippen LogP contribution < -0.4 is 15.8 Å². The molecule has 0 fully saturated rings. The van der Waals surface area contributed by atoms with E-state index in [2.05, 4.69) is 22.0 Å². The van der Waals surface area contributed by atoms with E-state index in [4.69, 9.17) is 10.5 Å². The maximum Gasteiger partial charge on any atom is 0.254 e. The molecule has 5 aromatic rings. The number of ether oxygens (including phenoxy) is 1. The summed E-state index contributed by atoms with van der Waals surface area (Å²) < 4.78 is 7.59. The van der Waals surface area contributed by atoms with Gasteiger partial charge in [0.25, 0.3) is 5.91 Å². The number of aromatic amines is 1. The highest BCUT2D eigenvalue weighted by molar-refractivity contribution is 6.05. The number of nitrogens with one attached hydrogen (secondary N) is 2. The molecule has 0 radical (unpaired) electrons. The fraction of sp³-hybridized carbons (Fsp3) is 0.0370. The summed E-state index contributed by atoms with van der Waals surface area (Å²) in [7, 11) is 0. The summed E-state index contributed by atoms with van der Waals surface area (Å²) in [5.74, 6) is 0.819. The molecule has 5 N–H and O–H groups in total. The van der Waals surface area contributed by atoms with Gasteiger partial charge in [0.05, 0.1) is 17.6 Å². The van der Waals surface area contributed by atoms with Gasteiger partial charge in [0.2, 0.25) is 0 Å². The summed E-state index contributed by atoms with van der Waals surface area (Å²) in [6.45, 7) is 3.57. The molecule has 8 nitrogen and oxygen atoms in total. The van der Waals surface area contributed by atoms with Crippen molar-refractivity contribution in [2.75, 3.05) is 5.32 Å². The number of carbonyl (C=O) groups is 1. The lowest BCUT2D eigenvalue weighted by atomic mass is 10.1. The molecule has 174 valence electrons. The summed E-state index contributed by atoms with van der Waals surface area (Å²) in [5, 5.41) is 16.0. The van der Waals surface area contributed by atoms with E-state index in [0.29, 0.717) is 28.3 Å². The van der Waals surface area contributed by atoms with Crippen LogP contribution in [0, 0.1) is 0 Å². The number of primary amides is 1. The molecular weight excluding hydrogens is 442 g/mol. The second kappa shape index (κ2) is 9.20. The number of nitrogens with zero attached hydrogens (tertiary/aromatic N) is 2. The molecule has 0 saturated heterocycles. The lowest BCUT2D eigenvalue weighted by Gasteiger charge is -2.11. The van der Waals surface area contributed by atoms with Crippen molar-refractivity contribution in [3.05, 3.63) is 103 Å². The van der Waals surface area contributed by atoms with Crippen LogP contribution in [0.5, 0.6) is 11.5 Å². The Hall–Kier alpha value is -4.82. The van der Waals surface area contributed by atoms with Crippen molar-refractivity contribution in [2.45, 2.75) is 6.23 Å². The number of carbonyl (C=O) groups excluding carboxylic acids is 1. The van der Waals surface area contributed by atoms with E-state index in [-0.39, 0.29) is 0 Å². The third-order valence-electron chi connectivity index (χ3n) is 5.52. The van der Waals surface area contributed by atoms with Gasteiger partial charge in [-0.25, -0.2) is 9.50 Å². The summed E-state index contributed by atoms with van der Waals surface area (Å²) in [4.78, 5) is 16.9. The molecule has 5 rings (SSSR count). The number of amides is 1. The molecule has 3 aromatic carbocycles. The SMILES string of the molecule is C=CC(O)Nc1cccc(-c2cnc3c(C(N)=O)c(-c4ccc(Oc5ccccc5)cc4)[nH]n23)c1. The van der Waals surface area contributed by atoms with Crippen LogP contribution in [0.4, 0.5) is 5.69 Å². The Morgan fingerprint density at radius 2 is 1.80 bits per heavy atom. The highest BCUT2D eigenvalue weighted by atomic mass is 16.5. The number of aliphatic hydroxyl groups is 1. The van der Waals surface area contributed by atoms with Crippen molar-refractivity contribution in [1.29, 1.82) is 0 Å². The standard InChI is InChI=1S/C27H23N5O3/c1-2-23(33)30-19-8-6-7-18(15-19)22-16-29-27-24(26(28)34)25(31-32(22)27)17-11-13-21(14-12-17)35-20-9-4-3-5-10-20/h2-16,23,30-31,33H,1H2,(H2,28,34). The van der Waals surface area contributed by atoms with Gasteiger partial charge in [-0.05, 0) is 54.6 Å². The molecule has 2 heterocycles. The van der Waals surface area contributed by atoms with Crippen LogP contribution in [0.1, 0.15) is 10.4 Å². The topological polar surface area (TPSA) is 118 Å². The zero-order valence-corrected chi connectivity index (χ0v) is 18.7. The summed E-state index contributed by atoms with van der Waals surface area (Å²) in [5.41, 5.74) is 10.1. The monoisotopic (exact) mass is 465 g/mol. The van der Waals surface area contributed by atoms with Crippen LogP contribution >= 0.6 is 0 Å². The maximum atomic E-state index is 12.4. The molecular formula is C27H23N5O3. The zero-order valence-electron chi connectivity index (χ0n) is 18.7. The van der Waals surface area contributed by atoms with Gasteiger partial charge < -0.3 is 20.9 Å². The number of fused-ring (bicyclic) bond motifs is 1. The molecule has 0 saturated carbocycles. The lowest BCUT2D eigenvalue weighted by Crippen LogP contribution is -2.14. The van der Waals surface area contributed by atoms with Crippen molar-refractivity contribution < 1.29 is 14.6 Å². The molecule has 0 spiro atoms. The molecule has 2 aromatic heterocycles. The number of aliphatic hydroxyl groups excluding tert-OH is 1. The maximum absolute atomic E-state index is 12.4. The van der Waals surface area contributed by atoms with Crippen molar-refractivity contribution in [2.24, 2.45) is 5.73 Å². The van der Waals surface area contributed by atoms with Crippen LogP contribution in [0.3, 0.4) is 0 Å². The van der Waals surface area contributed by atoms with Gasteiger partial charge in [-0.15, -0.1) is 0 Å². The van der Waals surface area contributed by atoms with Gasteiger partial charge in [-0.2, -0.15) is 0 Å². The Morgan fingerprint density at radius 3 is 2.51 bits per heavy atom. The second-order valence-corrected chi connectivity index (χ2v) is 7.87. The summed E-state index contributed by atoms with van der Waals surface area (Å²) in [6, 6.07) is 24.3. The Balaban J connectivity index is 1.52. The number of nitrogens with two attached hydrogens (primary N) is 1. The molecule has 35 heavy (non-hydrogen) atoms. The van der Waals surface area contributed by atoms with Gasteiger partial charge in [0.1, 0.15) is 23.3 Å². The summed E-state index contributed by atoms with van der Waals surface area (Å²) >= 11 is 0. The third kappa shape index (κ3) is 4.38. The largest absolute Gasteiger partial charge is 0.457 e. The number of anilines is 1. The van der Waals surface area contributed by atoms with Gasteiger partial charge in [0.15, 0.2) is 5.65 Å². The quantitative estimate of drug-likeness (QED) is 0.194. The van der Waals surface area contributed by atoms with E-state index in [0.717, 1.165) is 22.6 Å². The predicted molar refractivity (Wildman–Crippen MR) is 135 cm³/mol. The van der Waals surface area contributed by atoms with Gasteiger partial charge in [0, 0.05) is 16.8 Å². The summed E-state index contributed by atoms with van der Waals surface area (Å²) in [6.07, 6.45) is 2.20. The molecule has 0 bridgehead atoms. The van der Waals surface area contributed by atoms with Gasteiger partial charge in [-0.1, -0.05) is 36.9 Å². The van der Waals surface area contributed by atoms with E-state index < -0.39 is 12.1 Å². The average Bonchev–Trinajstić information content (AvgIpc) is 3.44. The van der Waals surface area contributed by atoms with Crippen molar-refractivity contribution >= 4 is 17.2 Å². The Bertz CT molecular complexity index is 1500. The first-order chi connectivity index (χ1) is 17.0. The normalized spacial score (nSPS) is 11.8. The van der Waals surface area contributed by atoms with Crippen LogP contribution in [0.2, 0.25) is 0 Å². The van der Waals surface area contributed by atoms with Crippen molar-refractivity contribution in [1.82, 2.24) is 14.6 Å². The predicted octanol–water partition coefficient (Wildman–Crippen LogP) is 4.80. The molecule has 8 heteroatoms. The Labute approximate surface area is 201 Å².